The normalized spacial score (nSPS) is 31.5. The predicted octanol–water partition coefficient (Wildman–Crippen LogP) is 1.27. The van der Waals surface area contributed by atoms with Crippen molar-refractivity contribution in [2.45, 2.75) is 51.1 Å². The molecular formula is C14H28N2O2S. The largest absolute Gasteiger partial charge is 0.311 e. The van der Waals surface area contributed by atoms with Gasteiger partial charge in [0.15, 0.2) is 0 Å². The van der Waals surface area contributed by atoms with Gasteiger partial charge in [0.1, 0.15) is 9.84 Å². The first-order valence-electron chi connectivity index (χ1n) is 7.61. The molecule has 1 aliphatic carbocycles. The number of hydrogen-bond donors (Lipinski definition) is 1. The van der Waals surface area contributed by atoms with Crippen molar-refractivity contribution < 1.29 is 8.42 Å². The zero-order chi connectivity index (χ0) is 13.9. The SMILES string of the molecule is CC1CNC(C2CCCCC2)CN1CCS(C)(=O)=O. The molecular weight excluding hydrogens is 260 g/mol. The van der Waals surface area contributed by atoms with Crippen LogP contribution in [0.2, 0.25) is 0 Å². The van der Waals surface area contributed by atoms with Gasteiger partial charge < -0.3 is 5.32 Å². The highest BCUT2D eigenvalue weighted by Gasteiger charge is 2.31. The zero-order valence-corrected chi connectivity index (χ0v) is 13.1. The summed E-state index contributed by atoms with van der Waals surface area (Å²) < 4.78 is 22.6. The van der Waals surface area contributed by atoms with E-state index in [4.69, 9.17) is 0 Å². The Morgan fingerprint density at radius 1 is 1.21 bits per heavy atom. The molecule has 1 heterocycles. The van der Waals surface area contributed by atoms with Gasteiger partial charge in [-0.15, -0.1) is 0 Å². The Hall–Kier alpha value is -0.130. The lowest BCUT2D eigenvalue weighted by Crippen LogP contribution is -2.58. The van der Waals surface area contributed by atoms with E-state index in [9.17, 15) is 8.42 Å². The summed E-state index contributed by atoms with van der Waals surface area (Å²) >= 11 is 0. The second kappa shape index (κ2) is 6.55. The average molecular weight is 288 g/mol. The minimum absolute atomic E-state index is 0.286. The average Bonchev–Trinajstić information content (AvgIpc) is 2.38. The summed E-state index contributed by atoms with van der Waals surface area (Å²) in [5, 5.41) is 3.67. The van der Waals surface area contributed by atoms with E-state index in [1.54, 1.807) is 0 Å². The van der Waals surface area contributed by atoms with E-state index >= 15 is 0 Å². The second-order valence-electron chi connectivity index (χ2n) is 6.39. The number of rotatable bonds is 4. The quantitative estimate of drug-likeness (QED) is 0.846. The van der Waals surface area contributed by atoms with Gasteiger partial charge in [-0.05, 0) is 25.7 Å². The van der Waals surface area contributed by atoms with Gasteiger partial charge in [-0.1, -0.05) is 19.3 Å². The predicted molar refractivity (Wildman–Crippen MR) is 79.1 cm³/mol. The monoisotopic (exact) mass is 288 g/mol. The van der Waals surface area contributed by atoms with E-state index in [2.05, 4.69) is 17.1 Å². The number of nitrogens with zero attached hydrogens (tertiary/aromatic N) is 1. The fourth-order valence-electron chi connectivity index (χ4n) is 3.40. The molecule has 2 aliphatic rings. The van der Waals surface area contributed by atoms with Gasteiger partial charge in [-0.2, -0.15) is 0 Å². The van der Waals surface area contributed by atoms with Crippen LogP contribution in [0.4, 0.5) is 0 Å². The molecule has 1 aliphatic heterocycles. The van der Waals surface area contributed by atoms with Crippen LogP contribution < -0.4 is 5.32 Å². The third-order valence-corrected chi connectivity index (χ3v) is 5.62. The van der Waals surface area contributed by atoms with Crippen LogP contribution in [0.3, 0.4) is 0 Å². The third kappa shape index (κ3) is 4.72. The molecule has 1 saturated carbocycles. The first-order valence-corrected chi connectivity index (χ1v) is 9.67. The lowest BCUT2D eigenvalue weighted by molar-refractivity contribution is 0.110. The molecule has 0 bridgehead atoms. The first-order chi connectivity index (χ1) is 8.96. The van der Waals surface area contributed by atoms with E-state index in [1.165, 1.54) is 38.4 Å². The van der Waals surface area contributed by atoms with Crippen LogP contribution in [0.1, 0.15) is 39.0 Å². The minimum atomic E-state index is -2.85. The molecule has 0 spiro atoms. The molecule has 0 amide bonds. The molecule has 4 nitrogen and oxygen atoms in total. The van der Waals surface area contributed by atoms with Crippen LogP contribution >= 0.6 is 0 Å². The highest BCUT2D eigenvalue weighted by Crippen LogP contribution is 2.28. The lowest BCUT2D eigenvalue weighted by Gasteiger charge is -2.42. The van der Waals surface area contributed by atoms with Crippen molar-refractivity contribution in [3.05, 3.63) is 0 Å². The summed E-state index contributed by atoms with van der Waals surface area (Å²) in [6.07, 6.45) is 8.12. The van der Waals surface area contributed by atoms with Gasteiger partial charge in [0.05, 0.1) is 5.75 Å². The van der Waals surface area contributed by atoms with E-state index in [1.807, 2.05) is 0 Å². The minimum Gasteiger partial charge on any atom is -0.311 e. The van der Waals surface area contributed by atoms with E-state index in [-0.39, 0.29) is 5.75 Å². The van der Waals surface area contributed by atoms with Gasteiger partial charge >= 0.3 is 0 Å². The van der Waals surface area contributed by atoms with Crippen molar-refractivity contribution in [3.63, 3.8) is 0 Å². The molecule has 0 aromatic carbocycles. The molecule has 1 N–H and O–H groups in total. The van der Waals surface area contributed by atoms with Crippen LogP contribution in [0.15, 0.2) is 0 Å². The summed E-state index contributed by atoms with van der Waals surface area (Å²) in [5.41, 5.74) is 0. The van der Waals surface area contributed by atoms with Crippen molar-refractivity contribution in [1.82, 2.24) is 10.2 Å². The van der Waals surface area contributed by atoms with Crippen molar-refractivity contribution in [2.75, 3.05) is 31.6 Å². The smallest absolute Gasteiger partial charge is 0.148 e. The molecule has 0 aromatic heterocycles. The van der Waals surface area contributed by atoms with E-state index < -0.39 is 9.84 Å². The van der Waals surface area contributed by atoms with Gasteiger partial charge in [0, 0.05) is 38.0 Å². The Kier molecular flexibility index (Phi) is 5.26. The summed E-state index contributed by atoms with van der Waals surface area (Å²) in [7, 11) is -2.85. The Labute approximate surface area is 117 Å². The molecule has 0 radical (unpaired) electrons. The summed E-state index contributed by atoms with van der Waals surface area (Å²) in [4.78, 5) is 2.36. The molecule has 2 fully saturated rings. The fourth-order valence-corrected chi connectivity index (χ4v) is 3.96. The standard InChI is InChI=1S/C14H28N2O2S/c1-12-10-15-14(13-6-4-3-5-7-13)11-16(12)8-9-19(2,17)18/h12-15H,3-11H2,1-2H3. The van der Waals surface area contributed by atoms with Crippen molar-refractivity contribution in [2.24, 2.45) is 5.92 Å². The molecule has 2 rings (SSSR count). The Morgan fingerprint density at radius 3 is 2.53 bits per heavy atom. The Morgan fingerprint density at radius 2 is 1.89 bits per heavy atom. The van der Waals surface area contributed by atoms with Crippen molar-refractivity contribution in [1.29, 1.82) is 0 Å². The number of piperazine rings is 1. The molecule has 2 atom stereocenters. The molecule has 2 unspecified atom stereocenters. The van der Waals surface area contributed by atoms with Crippen molar-refractivity contribution >= 4 is 9.84 Å². The maximum absolute atomic E-state index is 11.3. The van der Waals surface area contributed by atoms with Gasteiger partial charge in [0.25, 0.3) is 0 Å². The summed E-state index contributed by atoms with van der Waals surface area (Å²) in [6, 6.07) is 1.01. The molecule has 112 valence electrons. The van der Waals surface area contributed by atoms with Crippen LogP contribution in [-0.4, -0.2) is 57.0 Å². The summed E-state index contributed by atoms with van der Waals surface area (Å²) in [5.74, 6) is 1.08. The summed E-state index contributed by atoms with van der Waals surface area (Å²) in [6.45, 7) is 4.88. The molecule has 5 heteroatoms. The zero-order valence-electron chi connectivity index (χ0n) is 12.3. The highest BCUT2D eigenvalue weighted by molar-refractivity contribution is 7.90. The van der Waals surface area contributed by atoms with Gasteiger partial charge in [-0.25, -0.2) is 8.42 Å². The van der Waals surface area contributed by atoms with E-state index in [0.717, 1.165) is 19.0 Å². The Balaban J connectivity index is 1.87. The third-order valence-electron chi connectivity index (χ3n) is 4.70. The van der Waals surface area contributed by atoms with Crippen LogP contribution in [-0.2, 0) is 9.84 Å². The maximum Gasteiger partial charge on any atom is 0.148 e. The van der Waals surface area contributed by atoms with Gasteiger partial charge in [-0.3, -0.25) is 4.90 Å². The van der Waals surface area contributed by atoms with Gasteiger partial charge in [0.2, 0.25) is 0 Å². The van der Waals surface area contributed by atoms with Crippen LogP contribution in [0.25, 0.3) is 0 Å². The topological polar surface area (TPSA) is 49.4 Å². The molecule has 1 saturated heterocycles. The van der Waals surface area contributed by atoms with Crippen molar-refractivity contribution in [3.8, 4) is 0 Å². The number of sulfone groups is 1. The second-order valence-corrected chi connectivity index (χ2v) is 8.65. The number of nitrogens with one attached hydrogen (secondary N) is 1. The highest BCUT2D eigenvalue weighted by atomic mass is 32.2. The van der Waals surface area contributed by atoms with Crippen LogP contribution in [0.5, 0.6) is 0 Å². The maximum atomic E-state index is 11.3. The van der Waals surface area contributed by atoms with Crippen LogP contribution in [0, 0.1) is 5.92 Å². The molecule has 19 heavy (non-hydrogen) atoms. The molecule has 0 aromatic rings. The first kappa shape index (κ1) is 15.3. The lowest BCUT2D eigenvalue weighted by atomic mass is 9.82. The fraction of sp³-hybridized carbons (Fsp3) is 1.00. The number of hydrogen-bond acceptors (Lipinski definition) is 4. The van der Waals surface area contributed by atoms with E-state index in [0.29, 0.717) is 18.6 Å². The Bertz CT molecular complexity index is 377.